The molecule has 0 bridgehead atoms. The predicted octanol–water partition coefficient (Wildman–Crippen LogP) is 1.38. The third kappa shape index (κ3) is 2.31. The fourth-order valence-corrected chi connectivity index (χ4v) is 2.03. The first-order valence-corrected chi connectivity index (χ1v) is 5.98. The van der Waals surface area contributed by atoms with E-state index in [9.17, 15) is 0 Å². The number of hydrogen-bond donors (Lipinski definition) is 0. The molecule has 0 saturated carbocycles. The van der Waals surface area contributed by atoms with Gasteiger partial charge in [0.2, 0.25) is 0 Å². The van der Waals surface area contributed by atoms with E-state index in [1.54, 1.807) is 0 Å². The molecule has 1 aliphatic heterocycles. The second-order valence-electron chi connectivity index (χ2n) is 4.11. The van der Waals surface area contributed by atoms with Gasteiger partial charge in [0, 0.05) is 24.3 Å². The third-order valence-corrected chi connectivity index (χ3v) is 3.00. The van der Waals surface area contributed by atoms with E-state index in [0.29, 0.717) is 5.82 Å². The summed E-state index contributed by atoms with van der Waals surface area (Å²) in [5.74, 6) is 0.707. The number of anilines is 1. The number of nitrogens with zero attached hydrogens (tertiary/aromatic N) is 4. The maximum Gasteiger partial charge on any atom is 0.162 e. The first-order valence-electron chi connectivity index (χ1n) is 5.98. The zero-order chi connectivity index (χ0) is 12.2. The van der Waals surface area contributed by atoms with Crippen molar-refractivity contribution in [2.75, 3.05) is 31.2 Å². The Morgan fingerprint density at radius 1 is 0.944 bits per heavy atom. The largest absolute Gasteiger partial charge is 0.378 e. The maximum absolute atomic E-state index is 5.35. The lowest BCUT2D eigenvalue weighted by Crippen LogP contribution is -2.36. The first-order chi connectivity index (χ1) is 8.93. The molecule has 1 fully saturated rings. The molecule has 5 nitrogen and oxygen atoms in total. The van der Waals surface area contributed by atoms with Crippen LogP contribution in [0.25, 0.3) is 11.4 Å². The van der Waals surface area contributed by atoms with Gasteiger partial charge in [-0.25, -0.2) is 15.0 Å². The summed E-state index contributed by atoms with van der Waals surface area (Å²) in [5.41, 5.74) is 2.23. The van der Waals surface area contributed by atoms with Crippen LogP contribution in [0.4, 0.5) is 5.69 Å². The summed E-state index contributed by atoms with van der Waals surface area (Å²) < 4.78 is 5.35. The lowest BCUT2D eigenvalue weighted by molar-refractivity contribution is 0.122. The van der Waals surface area contributed by atoms with Gasteiger partial charge in [-0.2, -0.15) is 0 Å². The van der Waals surface area contributed by atoms with Gasteiger partial charge in [0.1, 0.15) is 12.7 Å². The average molecular weight is 242 g/mol. The molecule has 2 aromatic rings. The minimum atomic E-state index is 0.707. The fourth-order valence-electron chi connectivity index (χ4n) is 2.03. The lowest BCUT2D eigenvalue weighted by atomic mass is 10.2. The van der Waals surface area contributed by atoms with E-state index in [1.807, 2.05) is 12.1 Å². The van der Waals surface area contributed by atoms with Gasteiger partial charge in [-0.1, -0.05) is 0 Å². The topological polar surface area (TPSA) is 51.1 Å². The van der Waals surface area contributed by atoms with Gasteiger partial charge >= 0.3 is 0 Å². The van der Waals surface area contributed by atoms with Gasteiger partial charge in [-0.05, 0) is 24.3 Å². The van der Waals surface area contributed by atoms with Crippen LogP contribution in [0, 0.1) is 0 Å². The number of aromatic nitrogens is 3. The highest BCUT2D eigenvalue weighted by Crippen LogP contribution is 2.20. The Labute approximate surface area is 105 Å². The van der Waals surface area contributed by atoms with Gasteiger partial charge in [0.05, 0.1) is 13.2 Å². The van der Waals surface area contributed by atoms with Crippen molar-refractivity contribution in [2.45, 2.75) is 0 Å². The van der Waals surface area contributed by atoms with Gasteiger partial charge < -0.3 is 9.64 Å². The molecule has 0 atom stereocenters. The Morgan fingerprint density at radius 2 is 1.61 bits per heavy atom. The van der Waals surface area contributed by atoms with Crippen LogP contribution in [0.3, 0.4) is 0 Å². The van der Waals surface area contributed by atoms with Gasteiger partial charge in [0.25, 0.3) is 0 Å². The molecule has 5 heteroatoms. The molecular weight excluding hydrogens is 228 g/mol. The SMILES string of the molecule is c1ncnc(-c2ccc(N3CCOCC3)cc2)n1. The second kappa shape index (κ2) is 5.10. The van der Waals surface area contributed by atoms with E-state index in [-0.39, 0.29) is 0 Å². The molecule has 1 aromatic heterocycles. The van der Waals surface area contributed by atoms with Crippen LogP contribution in [-0.2, 0) is 4.74 Å². The Kier molecular flexibility index (Phi) is 3.14. The highest BCUT2D eigenvalue weighted by atomic mass is 16.5. The van der Waals surface area contributed by atoms with Crippen molar-refractivity contribution in [1.82, 2.24) is 15.0 Å². The van der Waals surface area contributed by atoms with Crippen LogP contribution >= 0.6 is 0 Å². The summed E-state index contributed by atoms with van der Waals surface area (Å²) in [5, 5.41) is 0. The smallest absolute Gasteiger partial charge is 0.162 e. The third-order valence-electron chi connectivity index (χ3n) is 3.00. The average Bonchev–Trinajstić information content (AvgIpc) is 2.49. The number of rotatable bonds is 2. The molecule has 92 valence electrons. The van der Waals surface area contributed by atoms with Crippen LogP contribution in [-0.4, -0.2) is 41.3 Å². The lowest BCUT2D eigenvalue weighted by Gasteiger charge is -2.28. The normalized spacial score (nSPS) is 15.7. The molecular formula is C13H14N4O. The zero-order valence-electron chi connectivity index (χ0n) is 9.99. The predicted molar refractivity (Wildman–Crippen MR) is 68.3 cm³/mol. The van der Waals surface area contributed by atoms with Crippen molar-refractivity contribution in [3.8, 4) is 11.4 Å². The Morgan fingerprint density at radius 3 is 2.28 bits per heavy atom. The van der Waals surface area contributed by atoms with Gasteiger partial charge in [-0.3, -0.25) is 0 Å². The summed E-state index contributed by atoms with van der Waals surface area (Å²) in [7, 11) is 0. The van der Waals surface area contributed by atoms with E-state index in [0.717, 1.165) is 31.9 Å². The van der Waals surface area contributed by atoms with E-state index < -0.39 is 0 Å². The molecule has 0 radical (unpaired) electrons. The molecule has 3 rings (SSSR count). The summed E-state index contributed by atoms with van der Waals surface area (Å²) in [6.45, 7) is 3.50. The van der Waals surface area contributed by atoms with Crippen LogP contribution < -0.4 is 4.90 Å². The highest BCUT2D eigenvalue weighted by molar-refractivity contribution is 5.60. The molecule has 1 aliphatic rings. The van der Waals surface area contributed by atoms with Crippen molar-refractivity contribution in [3.63, 3.8) is 0 Å². The van der Waals surface area contributed by atoms with E-state index in [1.165, 1.54) is 18.3 Å². The summed E-state index contributed by atoms with van der Waals surface area (Å²) in [4.78, 5) is 14.4. The molecule has 2 heterocycles. The van der Waals surface area contributed by atoms with E-state index >= 15 is 0 Å². The molecule has 0 aliphatic carbocycles. The monoisotopic (exact) mass is 242 g/mol. The molecule has 0 spiro atoms. The molecule has 0 amide bonds. The summed E-state index contributed by atoms with van der Waals surface area (Å²) in [6, 6.07) is 8.29. The minimum Gasteiger partial charge on any atom is -0.378 e. The Bertz CT molecular complexity index is 494. The Balaban J connectivity index is 1.80. The molecule has 18 heavy (non-hydrogen) atoms. The van der Waals surface area contributed by atoms with Crippen molar-refractivity contribution in [2.24, 2.45) is 0 Å². The van der Waals surface area contributed by atoms with Crippen molar-refractivity contribution in [3.05, 3.63) is 36.9 Å². The van der Waals surface area contributed by atoms with Gasteiger partial charge in [-0.15, -0.1) is 0 Å². The van der Waals surface area contributed by atoms with Crippen molar-refractivity contribution < 1.29 is 4.74 Å². The van der Waals surface area contributed by atoms with Crippen molar-refractivity contribution in [1.29, 1.82) is 0 Å². The molecule has 1 saturated heterocycles. The highest BCUT2D eigenvalue weighted by Gasteiger charge is 2.11. The summed E-state index contributed by atoms with van der Waals surface area (Å²) in [6.07, 6.45) is 3.02. The molecule has 0 N–H and O–H groups in total. The van der Waals surface area contributed by atoms with Gasteiger partial charge in [0.15, 0.2) is 5.82 Å². The molecule has 1 aromatic carbocycles. The van der Waals surface area contributed by atoms with Crippen molar-refractivity contribution >= 4 is 5.69 Å². The Hall–Kier alpha value is -2.01. The fraction of sp³-hybridized carbons (Fsp3) is 0.308. The number of hydrogen-bond acceptors (Lipinski definition) is 5. The quantitative estimate of drug-likeness (QED) is 0.796. The van der Waals surface area contributed by atoms with Crippen LogP contribution in [0.2, 0.25) is 0 Å². The van der Waals surface area contributed by atoms with Crippen LogP contribution in [0.1, 0.15) is 0 Å². The first kappa shape index (κ1) is 11.1. The number of ether oxygens (including phenoxy) is 1. The summed E-state index contributed by atoms with van der Waals surface area (Å²) >= 11 is 0. The minimum absolute atomic E-state index is 0.707. The zero-order valence-corrected chi connectivity index (χ0v) is 9.99. The van der Waals surface area contributed by atoms with E-state index in [4.69, 9.17) is 4.74 Å². The van der Waals surface area contributed by atoms with Crippen LogP contribution in [0.5, 0.6) is 0 Å². The number of morpholine rings is 1. The number of benzene rings is 1. The second-order valence-corrected chi connectivity index (χ2v) is 4.11. The van der Waals surface area contributed by atoms with Crippen LogP contribution in [0.15, 0.2) is 36.9 Å². The maximum atomic E-state index is 5.35. The molecule has 0 unspecified atom stereocenters. The van der Waals surface area contributed by atoms with E-state index in [2.05, 4.69) is 32.0 Å². The standard InChI is InChI=1S/C13H14N4O/c1-3-12(17-5-7-18-8-6-17)4-2-11(1)13-15-9-14-10-16-13/h1-4,9-10H,5-8H2.